The molecule has 0 radical (unpaired) electrons. The van der Waals surface area contributed by atoms with E-state index in [1.807, 2.05) is 41.5 Å². The Kier molecular flexibility index (Phi) is 22.9. The summed E-state index contributed by atoms with van der Waals surface area (Å²) in [5.74, 6) is 0. The Labute approximate surface area is 598 Å². The number of nitrogens with zero attached hydrogens (tertiary/aromatic N) is 12. The maximum atomic E-state index is 15.2. The number of hydrogen-bond donors (Lipinski definition) is 0. The minimum Gasteiger partial charge on any atom is -0.295 e. The number of pyridine rings is 2. The van der Waals surface area contributed by atoms with E-state index in [4.69, 9.17) is 9.97 Å². The van der Waals surface area contributed by atoms with Gasteiger partial charge in [-0.05, 0) is 139 Å². The molecule has 30 heteroatoms. The Morgan fingerprint density at radius 1 is 0.275 bits per heavy atom. The van der Waals surface area contributed by atoms with Crippen LogP contribution in [0.4, 0.5) is 0 Å². The fraction of sp³-hybridized carbons (Fsp3) is 0.278. The van der Waals surface area contributed by atoms with Crippen LogP contribution in [-0.4, -0.2) is 158 Å². The van der Waals surface area contributed by atoms with Gasteiger partial charge in [-0.3, -0.25) is 19.8 Å². The maximum absolute atomic E-state index is 15.2. The molecular weight excluding hydrogens is 1420 g/mol. The van der Waals surface area contributed by atoms with E-state index in [9.17, 15) is 16.8 Å². The highest BCUT2D eigenvalue weighted by atomic mass is 32.2. The molecule has 24 nitrogen and oxygen atoms in total. The molecule has 0 spiro atoms. The molecule has 0 atom stereocenters. The molecule has 1 aliphatic heterocycles. The zero-order valence-corrected chi connectivity index (χ0v) is 62.1. The van der Waals surface area contributed by atoms with E-state index in [-0.39, 0.29) is 155 Å². The van der Waals surface area contributed by atoms with Gasteiger partial charge in [0.1, 0.15) is 12.7 Å². The number of sulfonamides is 4. The Balaban J connectivity index is 1.03. The first-order chi connectivity index (χ1) is 48.4. The number of imidazole rings is 2. The van der Waals surface area contributed by atoms with Crippen LogP contribution in [0.2, 0.25) is 0 Å². The molecule has 10 aromatic rings. The Morgan fingerprint density at radius 2 is 0.480 bits per heavy atom. The van der Waals surface area contributed by atoms with E-state index >= 15 is 33.7 Å². The lowest BCUT2D eigenvalue weighted by molar-refractivity contribution is 0.217. The smallest absolute Gasteiger partial charge is 0.268 e. The van der Waals surface area contributed by atoms with E-state index in [1.54, 1.807) is 119 Å². The molecule has 6 aromatic carbocycles. The van der Waals surface area contributed by atoms with Crippen LogP contribution < -0.4 is 0 Å². The van der Waals surface area contributed by atoms with Crippen LogP contribution in [0.5, 0.6) is 0 Å². The molecule has 0 saturated heterocycles. The number of rotatable bonds is 16. The predicted octanol–water partition coefficient (Wildman–Crippen LogP) is 8.68. The highest BCUT2D eigenvalue weighted by molar-refractivity contribution is 7.91. The van der Waals surface area contributed by atoms with Gasteiger partial charge in [0.15, 0.2) is 0 Å². The Hall–Kier alpha value is -8.50. The molecule has 536 valence electrons. The zero-order valence-electron chi connectivity index (χ0n) is 57.2. The summed E-state index contributed by atoms with van der Waals surface area (Å²) in [7, 11) is -25.9. The summed E-state index contributed by atoms with van der Waals surface area (Å²) >= 11 is 0. The molecule has 5 heterocycles. The molecule has 11 rings (SSSR count). The van der Waals surface area contributed by atoms with Crippen molar-refractivity contribution in [2.75, 3.05) is 52.4 Å². The van der Waals surface area contributed by atoms with Crippen LogP contribution in [0, 0.1) is 41.5 Å². The Morgan fingerprint density at radius 3 is 0.696 bits per heavy atom. The standard InChI is InChI=1S/C72H80N12O12S6/c1-55-13-25-67(26-14-55)97(85,86)79-41-37-77(45-65-51-83(53-73-65)101(93,94)71-33-21-59(5)22-34-71)38-42-80(98(87,88)68-27-15-56(2)16-28-68)49-63-11-8-12-64(76-63)50-82(100(91,92)70-31-19-58(4)20-32-70)44-40-78(46-66-52-84(54-74-66)102(95,96)72-35-23-60(6)24-36-72)39-43-81(48-62-10-7-9-61(47-79)75-62)99(89,90)69-29-17-57(3)18-30-69/h7-36,51-54H,37-50H2,1-6H3. The van der Waals surface area contributed by atoms with Crippen molar-refractivity contribution in [2.24, 2.45) is 0 Å². The molecular formula is C72H80N12O12S6. The highest BCUT2D eigenvalue weighted by Gasteiger charge is 2.33. The van der Waals surface area contributed by atoms with Crippen molar-refractivity contribution in [3.8, 4) is 0 Å². The average molecular weight is 1500 g/mol. The summed E-state index contributed by atoms with van der Waals surface area (Å²) in [5.41, 5.74) is 6.33. The first-order valence-corrected chi connectivity index (χ1v) is 41.4. The summed E-state index contributed by atoms with van der Waals surface area (Å²) in [4.78, 5) is 22.4. The molecule has 4 bridgehead atoms. The first kappa shape index (κ1) is 74.7. The van der Waals surface area contributed by atoms with Crippen molar-refractivity contribution in [1.29, 1.82) is 0 Å². The minimum atomic E-state index is -4.41. The van der Waals surface area contributed by atoms with Crippen LogP contribution in [0.3, 0.4) is 0 Å². The van der Waals surface area contributed by atoms with Gasteiger partial charge in [0, 0.05) is 77.8 Å². The van der Waals surface area contributed by atoms with E-state index < -0.39 is 60.1 Å². The molecule has 102 heavy (non-hydrogen) atoms. The number of aromatic nitrogens is 6. The van der Waals surface area contributed by atoms with Crippen molar-refractivity contribution in [1.82, 2.24) is 54.9 Å². The van der Waals surface area contributed by atoms with Crippen molar-refractivity contribution < 1.29 is 50.5 Å². The molecule has 0 N–H and O–H groups in total. The van der Waals surface area contributed by atoms with Crippen molar-refractivity contribution in [3.05, 3.63) is 275 Å². The van der Waals surface area contributed by atoms with Crippen LogP contribution in [0.1, 0.15) is 67.5 Å². The van der Waals surface area contributed by atoms with Gasteiger partial charge in [0.2, 0.25) is 40.1 Å². The predicted molar refractivity (Wildman–Crippen MR) is 386 cm³/mol. The summed E-state index contributed by atoms with van der Waals surface area (Å²) < 4.78 is 185. The van der Waals surface area contributed by atoms with Gasteiger partial charge in [-0.1, -0.05) is 118 Å². The number of hydrogen-bond acceptors (Lipinski definition) is 18. The number of aryl methyl sites for hydroxylation is 6. The molecule has 0 aliphatic carbocycles. The second-order valence-electron chi connectivity index (χ2n) is 25.4. The fourth-order valence-corrected chi connectivity index (χ4v) is 19.4. The normalized spacial score (nSPS) is 16.0. The van der Waals surface area contributed by atoms with Crippen molar-refractivity contribution in [3.63, 3.8) is 0 Å². The molecule has 0 fully saturated rings. The average Bonchev–Trinajstić information content (AvgIpc) is 1.10. The zero-order chi connectivity index (χ0) is 72.8. The third-order valence-electron chi connectivity index (χ3n) is 17.6. The van der Waals surface area contributed by atoms with Crippen LogP contribution in [0.25, 0.3) is 0 Å². The van der Waals surface area contributed by atoms with Gasteiger partial charge < -0.3 is 0 Å². The van der Waals surface area contributed by atoms with E-state index in [2.05, 4.69) is 9.97 Å². The molecule has 0 amide bonds. The third-order valence-corrected chi connectivity index (χ3v) is 28.3. The summed E-state index contributed by atoms with van der Waals surface area (Å²) in [5, 5.41) is 0. The van der Waals surface area contributed by atoms with Crippen molar-refractivity contribution >= 4 is 60.1 Å². The quantitative estimate of drug-likeness (QED) is 0.0874. The number of benzene rings is 6. The lowest BCUT2D eigenvalue weighted by atomic mass is 10.2. The third kappa shape index (κ3) is 17.7. The van der Waals surface area contributed by atoms with Gasteiger partial charge in [0.25, 0.3) is 20.0 Å². The molecule has 1 aliphatic rings. The second kappa shape index (κ2) is 31.2. The SMILES string of the molecule is Cc1ccc(S(=O)(=O)N2CCN(Cc3cn(S(=O)(=O)c4ccc(C)cc4)cn3)CCN(S(=O)(=O)c3ccc(C)cc3)Cc3cccc(n3)CN(S(=O)(=O)c3ccc(C)cc3)CCN(Cc3cn(S(=O)(=O)c4ccc(C)cc4)cn3)CCN(S(=O)(=O)c3ccc(C)cc3)Cc3cccc(n3)C2)cc1. The topological polar surface area (TPSA) is 286 Å². The van der Waals surface area contributed by atoms with Gasteiger partial charge >= 0.3 is 0 Å². The number of fused-ring (bicyclic) bond motifs is 4. The molecule has 0 saturated carbocycles. The van der Waals surface area contributed by atoms with Gasteiger partial charge in [0.05, 0.1) is 89.7 Å². The largest absolute Gasteiger partial charge is 0.295 e. The summed E-state index contributed by atoms with van der Waals surface area (Å²) in [6.45, 7) is 7.99. The van der Waals surface area contributed by atoms with Crippen molar-refractivity contribution in [2.45, 2.75) is 110 Å². The monoisotopic (exact) mass is 1500 g/mol. The second-order valence-corrected chi connectivity index (χ2v) is 36.9. The minimum absolute atomic E-state index is 0.0157. The highest BCUT2D eigenvalue weighted by Crippen LogP contribution is 2.27. The Bertz CT molecular complexity index is 4780. The van der Waals surface area contributed by atoms with E-state index in [0.29, 0.717) is 0 Å². The van der Waals surface area contributed by atoms with Gasteiger partial charge in [-0.15, -0.1) is 0 Å². The fourth-order valence-electron chi connectivity index (χ4n) is 11.5. The van der Waals surface area contributed by atoms with E-state index in [1.165, 1.54) is 115 Å². The molecule has 0 unspecified atom stereocenters. The summed E-state index contributed by atoms with van der Waals surface area (Å²) in [6.07, 6.45) is 5.05. The van der Waals surface area contributed by atoms with Gasteiger partial charge in [-0.25, -0.2) is 68.4 Å². The van der Waals surface area contributed by atoms with Crippen LogP contribution in [0.15, 0.2) is 236 Å². The van der Waals surface area contributed by atoms with E-state index in [0.717, 1.165) is 41.3 Å². The maximum Gasteiger partial charge on any atom is 0.268 e. The van der Waals surface area contributed by atoms with Gasteiger partial charge in [-0.2, -0.15) is 17.2 Å². The first-order valence-electron chi connectivity index (χ1n) is 32.8. The summed E-state index contributed by atoms with van der Waals surface area (Å²) in [6, 6.07) is 47.7. The molecule has 4 aromatic heterocycles. The van der Waals surface area contributed by atoms with Crippen LogP contribution >= 0.6 is 0 Å². The lowest BCUT2D eigenvalue weighted by Gasteiger charge is -2.30. The van der Waals surface area contributed by atoms with Crippen LogP contribution in [-0.2, 0) is 99.4 Å². The lowest BCUT2D eigenvalue weighted by Crippen LogP contribution is -2.43.